The third-order valence-electron chi connectivity index (χ3n) is 2.40. The van der Waals surface area contributed by atoms with Crippen molar-refractivity contribution < 1.29 is 4.52 Å². The fraction of sp³-hybridized carbons (Fsp3) is 0.182. The Morgan fingerprint density at radius 3 is 2.67 bits per heavy atom. The number of anilines is 1. The Labute approximate surface area is 92.8 Å². The van der Waals surface area contributed by atoms with Crippen molar-refractivity contribution in [2.75, 3.05) is 5.73 Å². The van der Waals surface area contributed by atoms with Gasteiger partial charge in [0.25, 0.3) is 0 Å². The number of benzene rings is 1. The lowest BCUT2D eigenvalue weighted by Crippen LogP contribution is -1.87. The molecule has 2 aromatic rings. The summed E-state index contributed by atoms with van der Waals surface area (Å²) in [7, 11) is 0. The van der Waals surface area contributed by atoms with Gasteiger partial charge in [-0.25, -0.2) is 0 Å². The summed E-state index contributed by atoms with van der Waals surface area (Å²) in [6.07, 6.45) is 0. The number of hydrogen-bond acceptors (Lipinski definition) is 3. The number of rotatable bonds is 1. The van der Waals surface area contributed by atoms with Gasteiger partial charge in [-0.2, -0.15) is 0 Å². The third-order valence-corrected chi connectivity index (χ3v) is 2.64. The summed E-state index contributed by atoms with van der Waals surface area (Å²) in [5.74, 6) is 1.11. The van der Waals surface area contributed by atoms with Gasteiger partial charge in [0.1, 0.15) is 0 Å². The molecule has 78 valence electrons. The average Bonchev–Trinajstić information content (AvgIpc) is 2.52. The molecule has 1 heterocycles. The highest BCUT2D eigenvalue weighted by atomic mass is 35.5. The van der Waals surface area contributed by atoms with Crippen LogP contribution in [0.5, 0.6) is 0 Å². The predicted octanol–water partition coefficient (Wildman–Crippen LogP) is 3.19. The number of nitrogens with zero attached hydrogens (tertiary/aromatic N) is 1. The van der Waals surface area contributed by atoms with E-state index in [4.69, 9.17) is 21.9 Å². The molecule has 0 aliphatic carbocycles. The molecule has 0 saturated heterocycles. The van der Waals surface area contributed by atoms with E-state index in [0.29, 0.717) is 16.6 Å². The molecule has 0 aliphatic rings. The first kappa shape index (κ1) is 10.1. The molecule has 0 spiro atoms. The molecule has 4 heteroatoms. The van der Waals surface area contributed by atoms with Gasteiger partial charge < -0.3 is 10.3 Å². The van der Waals surface area contributed by atoms with E-state index >= 15 is 0 Å². The van der Waals surface area contributed by atoms with E-state index in [1.807, 2.05) is 32.0 Å². The highest BCUT2D eigenvalue weighted by molar-refractivity contribution is 6.30. The second-order valence-electron chi connectivity index (χ2n) is 3.48. The molecule has 2 N–H and O–H groups in total. The van der Waals surface area contributed by atoms with Crippen LogP contribution in [0.3, 0.4) is 0 Å². The zero-order valence-corrected chi connectivity index (χ0v) is 9.30. The largest absolute Gasteiger partial charge is 0.381 e. The van der Waals surface area contributed by atoms with Crippen LogP contribution < -0.4 is 5.73 Å². The minimum atomic E-state index is 0.421. The normalized spacial score (nSPS) is 10.6. The van der Waals surface area contributed by atoms with Crippen molar-refractivity contribution in [3.63, 3.8) is 0 Å². The van der Waals surface area contributed by atoms with E-state index in [1.54, 1.807) is 0 Å². The molecule has 0 fully saturated rings. The van der Waals surface area contributed by atoms with Gasteiger partial charge in [-0.05, 0) is 31.5 Å². The molecule has 0 radical (unpaired) electrons. The van der Waals surface area contributed by atoms with Crippen LogP contribution in [0.25, 0.3) is 11.3 Å². The molecule has 0 saturated carbocycles. The fourth-order valence-electron chi connectivity index (χ4n) is 1.44. The summed E-state index contributed by atoms with van der Waals surface area (Å²) in [6.45, 7) is 3.87. The first-order chi connectivity index (χ1) is 7.09. The van der Waals surface area contributed by atoms with Crippen molar-refractivity contribution >= 4 is 17.4 Å². The maximum Gasteiger partial charge on any atom is 0.172 e. The summed E-state index contributed by atoms with van der Waals surface area (Å²) in [5, 5.41) is 4.39. The average molecular weight is 223 g/mol. The van der Waals surface area contributed by atoms with Gasteiger partial charge in [-0.1, -0.05) is 22.8 Å². The number of aromatic nitrogens is 1. The Hall–Kier alpha value is -1.48. The molecular formula is C11H11ClN2O. The van der Waals surface area contributed by atoms with Crippen LogP contribution in [-0.4, -0.2) is 5.16 Å². The molecule has 1 aromatic heterocycles. The van der Waals surface area contributed by atoms with Crippen LogP contribution in [0, 0.1) is 13.8 Å². The summed E-state index contributed by atoms with van der Waals surface area (Å²) in [6, 6.07) is 5.63. The lowest BCUT2D eigenvalue weighted by Gasteiger charge is -2.03. The van der Waals surface area contributed by atoms with Crippen molar-refractivity contribution in [3.05, 3.63) is 34.3 Å². The first-order valence-corrected chi connectivity index (χ1v) is 4.95. The third kappa shape index (κ3) is 1.70. The van der Waals surface area contributed by atoms with E-state index in [9.17, 15) is 0 Å². The van der Waals surface area contributed by atoms with Gasteiger partial charge >= 0.3 is 0 Å². The van der Waals surface area contributed by atoms with Gasteiger partial charge in [-0.15, -0.1) is 0 Å². The molecule has 0 unspecified atom stereocenters. The standard InChI is InChI=1S/C11H11ClN2O/c1-6-3-4-8(12)5-9(6)10-7(2)11(13)14-15-10/h3-5H,1-2H3,(H2,13,14). The van der Waals surface area contributed by atoms with Crippen LogP contribution in [0.1, 0.15) is 11.1 Å². The molecule has 1 aromatic carbocycles. The lowest BCUT2D eigenvalue weighted by atomic mass is 10.0. The quantitative estimate of drug-likeness (QED) is 0.806. The van der Waals surface area contributed by atoms with Gasteiger partial charge in [0.2, 0.25) is 0 Å². The number of nitrogen functional groups attached to an aromatic ring is 1. The number of halogens is 1. The van der Waals surface area contributed by atoms with E-state index in [-0.39, 0.29) is 0 Å². The van der Waals surface area contributed by atoms with Crippen LogP contribution >= 0.6 is 11.6 Å². The SMILES string of the molecule is Cc1ccc(Cl)cc1-c1onc(N)c1C. The highest BCUT2D eigenvalue weighted by Crippen LogP contribution is 2.31. The smallest absolute Gasteiger partial charge is 0.172 e. The Balaban J connectivity index is 2.63. The van der Waals surface area contributed by atoms with E-state index in [0.717, 1.165) is 16.7 Å². The fourth-order valence-corrected chi connectivity index (χ4v) is 1.61. The molecule has 15 heavy (non-hydrogen) atoms. The minimum absolute atomic E-state index is 0.421. The van der Waals surface area contributed by atoms with Crippen molar-refractivity contribution in [1.29, 1.82) is 0 Å². The van der Waals surface area contributed by atoms with Crippen LogP contribution in [0.2, 0.25) is 5.02 Å². The zero-order chi connectivity index (χ0) is 11.0. The zero-order valence-electron chi connectivity index (χ0n) is 8.54. The molecule has 0 atom stereocenters. The second kappa shape index (κ2) is 3.59. The van der Waals surface area contributed by atoms with Gasteiger partial charge in [0, 0.05) is 16.1 Å². The number of nitrogens with two attached hydrogens (primary N) is 1. The van der Waals surface area contributed by atoms with Crippen molar-refractivity contribution in [2.24, 2.45) is 0 Å². The van der Waals surface area contributed by atoms with E-state index in [2.05, 4.69) is 5.16 Å². The maximum absolute atomic E-state index is 5.93. The summed E-state index contributed by atoms with van der Waals surface area (Å²) in [4.78, 5) is 0. The van der Waals surface area contributed by atoms with Crippen LogP contribution in [-0.2, 0) is 0 Å². The second-order valence-corrected chi connectivity index (χ2v) is 3.92. The number of hydrogen-bond donors (Lipinski definition) is 1. The molecule has 3 nitrogen and oxygen atoms in total. The Kier molecular flexibility index (Phi) is 2.40. The summed E-state index contributed by atoms with van der Waals surface area (Å²) < 4.78 is 5.18. The van der Waals surface area contributed by atoms with Crippen molar-refractivity contribution in [1.82, 2.24) is 5.16 Å². The first-order valence-electron chi connectivity index (χ1n) is 4.58. The molecule has 0 bridgehead atoms. The molecule has 0 amide bonds. The Morgan fingerprint density at radius 2 is 2.07 bits per heavy atom. The molecule has 2 rings (SSSR count). The molecular weight excluding hydrogens is 212 g/mol. The van der Waals surface area contributed by atoms with Gasteiger partial charge in [-0.3, -0.25) is 0 Å². The molecule has 0 aliphatic heterocycles. The summed E-state index contributed by atoms with van der Waals surface area (Å²) in [5.41, 5.74) is 8.49. The van der Waals surface area contributed by atoms with E-state index < -0.39 is 0 Å². The minimum Gasteiger partial charge on any atom is -0.381 e. The lowest BCUT2D eigenvalue weighted by molar-refractivity contribution is 0.435. The maximum atomic E-state index is 5.93. The van der Waals surface area contributed by atoms with E-state index in [1.165, 1.54) is 0 Å². The monoisotopic (exact) mass is 222 g/mol. The van der Waals surface area contributed by atoms with Crippen LogP contribution in [0.4, 0.5) is 5.82 Å². The van der Waals surface area contributed by atoms with Crippen molar-refractivity contribution in [2.45, 2.75) is 13.8 Å². The predicted molar refractivity (Wildman–Crippen MR) is 60.8 cm³/mol. The topological polar surface area (TPSA) is 52.0 Å². The Bertz CT molecular complexity index is 505. The highest BCUT2D eigenvalue weighted by Gasteiger charge is 2.13. The summed E-state index contributed by atoms with van der Waals surface area (Å²) >= 11 is 5.93. The Morgan fingerprint density at radius 1 is 1.33 bits per heavy atom. The number of aryl methyl sites for hydroxylation is 1. The van der Waals surface area contributed by atoms with Crippen LogP contribution in [0.15, 0.2) is 22.7 Å². The van der Waals surface area contributed by atoms with Crippen molar-refractivity contribution in [3.8, 4) is 11.3 Å². The van der Waals surface area contributed by atoms with Gasteiger partial charge in [0.15, 0.2) is 11.6 Å². The van der Waals surface area contributed by atoms with Gasteiger partial charge in [0.05, 0.1) is 0 Å².